The highest BCUT2D eigenvalue weighted by Crippen LogP contribution is 2.27. The summed E-state index contributed by atoms with van der Waals surface area (Å²) in [4.78, 5) is 0. The topological polar surface area (TPSA) is 35.2 Å². The number of rotatable bonds is 4. The predicted octanol–water partition coefficient (Wildman–Crippen LogP) is 4.27. The third kappa shape index (κ3) is 4.04. The SMILES string of the molecule is CC(N)Cc1ccc(Oc2ccc(Br)cc2F)cc1. The number of hydrogen-bond donors (Lipinski definition) is 1. The van der Waals surface area contributed by atoms with Crippen molar-refractivity contribution in [3.05, 3.63) is 58.3 Å². The summed E-state index contributed by atoms with van der Waals surface area (Å²) in [5, 5.41) is 0. The Balaban J connectivity index is 2.10. The zero-order valence-electron chi connectivity index (χ0n) is 10.6. The fourth-order valence-corrected chi connectivity index (χ4v) is 2.08. The van der Waals surface area contributed by atoms with E-state index in [1.165, 1.54) is 6.07 Å². The lowest BCUT2D eigenvalue weighted by Gasteiger charge is -2.09. The lowest BCUT2D eigenvalue weighted by atomic mass is 10.1. The summed E-state index contributed by atoms with van der Waals surface area (Å²) in [6, 6.07) is 12.3. The van der Waals surface area contributed by atoms with Gasteiger partial charge in [-0.25, -0.2) is 4.39 Å². The average Bonchev–Trinajstić information content (AvgIpc) is 2.34. The lowest BCUT2D eigenvalue weighted by Crippen LogP contribution is -2.17. The molecule has 0 aliphatic rings. The normalized spacial score (nSPS) is 12.2. The van der Waals surface area contributed by atoms with Gasteiger partial charge in [0.2, 0.25) is 0 Å². The van der Waals surface area contributed by atoms with E-state index in [1.807, 2.05) is 31.2 Å². The van der Waals surface area contributed by atoms with Gasteiger partial charge >= 0.3 is 0 Å². The van der Waals surface area contributed by atoms with Gasteiger partial charge < -0.3 is 10.5 Å². The summed E-state index contributed by atoms with van der Waals surface area (Å²) < 4.78 is 19.8. The summed E-state index contributed by atoms with van der Waals surface area (Å²) >= 11 is 3.21. The van der Waals surface area contributed by atoms with Crippen LogP contribution in [0, 0.1) is 5.82 Å². The van der Waals surface area contributed by atoms with E-state index >= 15 is 0 Å². The van der Waals surface area contributed by atoms with Crippen LogP contribution in [0.3, 0.4) is 0 Å². The van der Waals surface area contributed by atoms with E-state index in [1.54, 1.807) is 12.1 Å². The molecule has 0 aliphatic heterocycles. The van der Waals surface area contributed by atoms with Gasteiger partial charge in [-0.1, -0.05) is 28.1 Å². The van der Waals surface area contributed by atoms with Crippen molar-refractivity contribution in [1.82, 2.24) is 0 Å². The molecule has 2 rings (SSSR count). The molecule has 4 heteroatoms. The van der Waals surface area contributed by atoms with Gasteiger partial charge in [-0.2, -0.15) is 0 Å². The Hall–Kier alpha value is -1.39. The van der Waals surface area contributed by atoms with Crippen molar-refractivity contribution in [3.63, 3.8) is 0 Å². The monoisotopic (exact) mass is 323 g/mol. The fourth-order valence-electron chi connectivity index (χ4n) is 1.75. The molecule has 2 nitrogen and oxygen atoms in total. The van der Waals surface area contributed by atoms with Gasteiger partial charge in [-0.05, 0) is 49.2 Å². The van der Waals surface area contributed by atoms with E-state index in [9.17, 15) is 4.39 Å². The van der Waals surface area contributed by atoms with Crippen molar-refractivity contribution >= 4 is 15.9 Å². The van der Waals surface area contributed by atoms with Crippen molar-refractivity contribution < 1.29 is 9.13 Å². The Morgan fingerprint density at radius 1 is 1.21 bits per heavy atom. The van der Waals surface area contributed by atoms with Crippen LogP contribution in [0.25, 0.3) is 0 Å². The van der Waals surface area contributed by atoms with Crippen LogP contribution in [0.15, 0.2) is 46.9 Å². The van der Waals surface area contributed by atoms with Crippen molar-refractivity contribution in [2.75, 3.05) is 0 Å². The summed E-state index contributed by atoms with van der Waals surface area (Å²) in [6.07, 6.45) is 0.812. The largest absolute Gasteiger partial charge is 0.454 e. The highest BCUT2D eigenvalue weighted by molar-refractivity contribution is 9.10. The third-order valence-corrected chi connectivity index (χ3v) is 3.10. The molecule has 0 heterocycles. The molecule has 1 atom stereocenters. The van der Waals surface area contributed by atoms with Gasteiger partial charge in [0.05, 0.1) is 0 Å². The predicted molar refractivity (Wildman–Crippen MR) is 78.0 cm³/mol. The highest BCUT2D eigenvalue weighted by Gasteiger charge is 2.05. The molecule has 100 valence electrons. The van der Waals surface area contributed by atoms with Crippen molar-refractivity contribution in [1.29, 1.82) is 0 Å². The number of ether oxygens (including phenoxy) is 1. The second kappa shape index (κ2) is 6.17. The van der Waals surface area contributed by atoms with E-state index in [0.29, 0.717) is 10.2 Å². The average molecular weight is 324 g/mol. The Labute approximate surface area is 120 Å². The summed E-state index contributed by atoms with van der Waals surface area (Å²) in [5.41, 5.74) is 6.87. The molecule has 2 N–H and O–H groups in total. The second-order valence-corrected chi connectivity index (χ2v) is 5.42. The zero-order chi connectivity index (χ0) is 13.8. The van der Waals surface area contributed by atoms with Crippen LogP contribution in [0.5, 0.6) is 11.5 Å². The van der Waals surface area contributed by atoms with Crippen LogP contribution < -0.4 is 10.5 Å². The van der Waals surface area contributed by atoms with Gasteiger partial charge in [-0.15, -0.1) is 0 Å². The minimum Gasteiger partial charge on any atom is -0.454 e. The maximum Gasteiger partial charge on any atom is 0.166 e. The maximum absolute atomic E-state index is 13.6. The van der Waals surface area contributed by atoms with Crippen LogP contribution in [-0.2, 0) is 6.42 Å². The molecule has 19 heavy (non-hydrogen) atoms. The molecule has 1 unspecified atom stereocenters. The Bertz CT molecular complexity index is 555. The minimum absolute atomic E-state index is 0.121. The molecule has 0 bridgehead atoms. The number of hydrogen-bond acceptors (Lipinski definition) is 2. The molecular formula is C15H15BrFNO. The van der Waals surface area contributed by atoms with Gasteiger partial charge in [0.15, 0.2) is 11.6 Å². The molecule has 0 saturated heterocycles. The smallest absolute Gasteiger partial charge is 0.166 e. The molecule has 2 aromatic rings. The molecular weight excluding hydrogens is 309 g/mol. The third-order valence-electron chi connectivity index (χ3n) is 2.60. The Kier molecular flexibility index (Phi) is 4.56. The molecule has 0 spiro atoms. The Morgan fingerprint density at radius 2 is 1.89 bits per heavy atom. The van der Waals surface area contributed by atoms with Crippen LogP contribution in [0.2, 0.25) is 0 Å². The van der Waals surface area contributed by atoms with Crippen LogP contribution in [0.4, 0.5) is 4.39 Å². The van der Waals surface area contributed by atoms with E-state index in [2.05, 4.69) is 15.9 Å². The standard InChI is InChI=1S/C15H15BrFNO/c1-10(18)8-11-2-5-13(6-3-11)19-15-7-4-12(16)9-14(15)17/h2-7,9-10H,8,18H2,1H3. The molecule has 0 aromatic heterocycles. The lowest BCUT2D eigenvalue weighted by molar-refractivity contribution is 0.442. The summed E-state index contributed by atoms with van der Waals surface area (Å²) in [5.74, 6) is 0.423. The van der Waals surface area contributed by atoms with Crippen molar-refractivity contribution in [3.8, 4) is 11.5 Å². The van der Waals surface area contributed by atoms with E-state index in [0.717, 1.165) is 12.0 Å². The molecule has 2 aromatic carbocycles. The van der Waals surface area contributed by atoms with Gasteiger partial charge in [-0.3, -0.25) is 0 Å². The van der Waals surface area contributed by atoms with Crippen molar-refractivity contribution in [2.45, 2.75) is 19.4 Å². The Morgan fingerprint density at radius 3 is 2.47 bits per heavy atom. The first kappa shape index (κ1) is 14.0. The second-order valence-electron chi connectivity index (χ2n) is 4.50. The summed E-state index contributed by atoms with van der Waals surface area (Å²) in [7, 11) is 0. The van der Waals surface area contributed by atoms with Crippen LogP contribution >= 0.6 is 15.9 Å². The van der Waals surface area contributed by atoms with Crippen molar-refractivity contribution in [2.24, 2.45) is 5.73 Å². The van der Waals surface area contributed by atoms with Crippen LogP contribution in [-0.4, -0.2) is 6.04 Å². The first-order valence-electron chi connectivity index (χ1n) is 6.02. The van der Waals surface area contributed by atoms with Crippen LogP contribution in [0.1, 0.15) is 12.5 Å². The first-order valence-corrected chi connectivity index (χ1v) is 6.81. The molecule has 0 fully saturated rings. The first-order chi connectivity index (χ1) is 9.04. The number of halogens is 2. The maximum atomic E-state index is 13.6. The number of nitrogens with two attached hydrogens (primary N) is 1. The van der Waals surface area contributed by atoms with E-state index in [-0.39, 0.29) is 11.8 Å². The van der Waals surface area contributed by atoms with E-state index in [4.69, 9.17) is 10.5 Å². The molecule has 0 amide bonds. The highest BCUT2D eigenvalue weighted by atomic mass is 79.9. The quantitative estimate of drug-likeness (QED) is 0.911. The van der Waals surface area contributed by atoms with Gasteiger partial charge in [0.25, 0.3) is 0 Å². The fraction of sp³-hybridized carbons (Fsp3) is 0.200. The van der Waals surface area contributed by atoms with Gasteiger partial charge in [0, 0.05) is 10.5 Å². The zero-order valence-corrected chi connectivity index (χ0v) is 12.2. The number of benzene rings is 2. The van der Waals surface area contributed by atoms with Gasteiger partial charge in [0.1, 0.15) is 5.75 Å². The van der Waals surface area contributed by atoms with E-state index < -0.39 is 5.82 Å². The minimum atomic E-state index is -0.394. The molecule has 0 saturated carbocycles. The molecule has 0 radical (unpaired) electrons. The summed E-state index contributed by atoms with van der Waals surface area (Å²) in [6.45, 7) is 1.96. The molecule has 0 aliphatic carbocycles.